The third-order valence-corrected chi connectivity index (χ3v) is 4.05. The van der Waals surface area contributed by atoms with Gasteiger partial charge in [0.25, 0.3) is 0 Å². The standard InChI is InChI=1S/C8H12Cl3NO2/c9-8(10,11)7(6-12(13)14)4-2-1-3-5-7/h1-6H2. The highest BCUT2D eigenvalue weighted by Gasteiger charge is 2.52. The Kier molecular flexibility index (Phi) is 3.89. The molecule has 0 unspecified atom stereocenters. The zero-order valence-corrected chi connectivity index (χ0v) is 9.91. The molecule has 0 N–H and O–H groups in total. The molecule has 6 heteroatoms. The predicted molar refractivity (Wildman–Crippen MR) is 57.7 cm³/mol. The average molecular weight is 261 g/mol. The van der Waals surface area contributed by atoms with Gasteiger partial charge in [-0.1, -0.05) is 54.1 Å². The normalized spacial score (nSPS) is 21.9. The Bertz CT molecular complexity index is 221. The van der Waals surface area contributed by atoms with Crippen molar-refractivity contribution in [2.45, 2.75) is 35.9 Å². The number of hydrogen-bond donors (Lipinski definition) is 0. The molecule has 1 saturated carbocycles. The minimum atomic E-state index is -1.53. The summed E-state index contributed by atoms with van der Waals surface area (Å²) < 4.78 is -1.53. The SMILES string of the molecule is O=[N+]([O-])CC1(C(Cl)(Cl)Cl)CCCCC1. The third-order valence-electron chi connectivity index (χ3n) is 2.84. The molecule has 0 heterocycles. The molecule has 14 heavy (non-hydrogen) atoms. The molecule has 0 aromatic rings. The van der Waals surface area contributed by atoms with Gasteiger partial charge >= 0.3 is 0 Å². The lowest BCUT2D eigenvalue weighted by atomic mass is 9.75. The van der Waals surface area contributed by atoms with Crippen molar-refractivity contribution in [3.8, 4) is 0 Å². The van der Waals surface area contributed by atoms with Crippen molar-refractivity contribution in [2.24, 2.45) is 5.41 Å². The van der Waals surface area contributed by atoms with E-state index in [9.17, 15) is 10.1 Å². The van der Waals surface area contributed by atoms with Gasteiger partial charge in [-0.3, -0.25) is 10.1 Å². The lowest BCUT2D eigenvalue weighted by molar-refractivity contribution is -0.498. The van der Waals surface area contributed by atoms with Crippen molar-refractivity contribution >= 4 is 34.8 Å². The van der Waals surface area contributed by atoms with Crippen molar-refractivity contribution in [1.82, 2.24) is 0 Å². The van der Waals surface area contributed by atoms with Gasteiger partial charge < -0.3 is 0 Å². The zero-order valence-electron chi connectivity index (χ0n) is 7.64. The van der Waals surface area contributed by atoms with Crippen LogP contribution in [0, 0.1) is 15.5 Å². The van der Waals surface area contributed by atoms with E-state index in [-0.39, 0.29) is 11.5 Å². The van der Waals surface area contributed by atoms with Crippen LogP contribution in [0.2, 0.25) is 0 Å². The second kappa shape index (κ2) is 4.42. The van der Waals surface area contributed by atoms with E-state index in [4.69, 9.17) is 34.8 Å². The quantitative estimate of drug-likeness (QED) is 0.433. The van der Waals surface area contributed by atoms with Crippen LogP contribution in [-0.4, -0.2) is 15.3 Å². The molecule has 0 aliphatic heterocycles. The largest absolute Gasteiger partial charge is 0.265 e. The molecule has 0 aromatic heterocycles. The lowest BCUT2D eigenvalue weighted by Crippen LogP contribution is -2.43. The number of halogens is 3. The molecule has 0 aromatic carbocycles. The van der Waals surface area contributed by atoms with Gasteiger partial charge in [0.2, 0.25) is 10.3 Å². The number of nitro groups is 1. The smallest absolute Gasteiger partial charge is 0.213 e. The van der Waals surface area contributed by atoms with Crippen LogP contribution in [0.5, 0.6) is 0 Å². The molecule has 0 radical (unpaired) electrons. The Morgan fingerprint density at radius 3 is 2.07 bits per heavy atom. The molecule has 1 rings (SSSR count). The van der Waals surface area contributed by atoms with E-state index in [1.807, 2.05) is 0 Å². The van der Waals surface area contributed by atoms with Crippen molar-refractivity contribution in [3.05, 3.63) is 10.1 Å². The maximum atomic E-state index is 10.5. The molecule has 3 nitrogen and oxygen atoms in total. The average Bonchev–Trinajstić information content (AvgIpc) is 2.02. The van der Waals surface area contributed by atoms with Crippen molar-refractivity contribution in [2.75, 3.05) is 6.54 Å². The van der Waals surface area contributed by atoms with Gasteiger partial charge in [0.1, 0.15) is 0 Å². The summed E-state index contributed by atoms with van der Waals surface area (Å²) in [6.45, 7) is -0.247. The first-order chi connectivity index (χ1) is 6.37. The molecule has 0 spiro atoms. The van der Waals surface area contributed by atoms with Crippen LogP contribution >= 0.6 is 34.8 Å². The number of alkyl halides is 3. The molecule has 1 aliphatic carbocycles. The van der Waals surface area contributed by atoms with Crippen LogP contribution in [0.15, 0.2) is 0 Å². The Morgan fingerprint density at radius 1 is 1.21 bits per heavy atom. The fourth-order valence-corrected chi connectivity index (χ4v) is 2.75. The molecular formula is C8H12Cl3NO2. The first-order valence-electron chi connectivity index (χ1n) is 4.56. The second-order valence-corrected chi connectivity index (χ2v) is 6.11. The maximum absolute atomic E-state index is 10.5. The summed E-state index contributed by atoms with van der Waals surface area (Å²) in [5.41, 5.74) is -0.764. The second-order valence-electron chi connectivity index (χ2n) is 3.83. The van der Waals surface area contributed by atoms with Crippen LogP contribution in [0.3, 0.4) is 0 Å². The summed E-state index contributed by atoms with van der Waals surface area (Å²) in [6, 6.07) is 0. The third kappa shape index (κ3) is 2.65. The first kappa shape index (κ1) is 12.3. The Balaban J connectivity index is 2.83. The van der Waals surface area contributed by atoms with Gasteiger partial charge in [0, 0.05) is 4.92 Å². The number of nitrogens with zero attached hydrogens (tertiary/aromatic N) is 1. The molecule has 0 atom stereocenters. The minimum Gasteiger partial charge on any atom is -0.265 e. The summed E-state index contributed by atoms with van der Waals surface area (Å²) in [6.07, 6.45) is 4.14. The summed E-state index contributed by atoms with van der Waals surface area (Å²) in [4.78, 5) is 10.2. The minimum absolute atomic E-state index is 0.247. The van der Waals surface area contributed by atoms with Crippen LogP contribution in [0.4, 0.5) is 0 Å². The van der Waals surface area contributed by atoms with E-state index in [0.717, 1.165) is 19.3 Å². The van der Waals surface area contributed by atoms with Crippen LogP contribution in [0.1, 0.15) is 32.1 Å². The van der Waals surface area contributed by atoms with Gasteiger partial charge in [-0.2, -0.15) is 0 Å². The van der Waals surface area contributed by atoms with Crippen molar-refractivity contribution < 1.29 is 4.92 Å². The molecule has 0 saturated heterocycles. The Labute approximate surface area is 97.9 Å². The fourth-order valence-electron chi connectivity index (χ4n) is 2.01. The highest BCUT2D eigenvalue weighted by atomic mass is 35.6. The van der Waals surface area contributed by atoms with Gasteiger partial charge in [0.15, 0.2) is 0 Å². The molecule has 0 amide bonds. The Hall–Kier alpha value is 0.270. The summed E-state index contributed by atoms with van der Waals surface area (Å²) in [5.74, 6) is 0. The Morgan fingerprint density at radius 2 is 1.71 bits per heavy atom. The predicted octanol–water partition coefficient (Wildman–Crippen LogP) is 3.58. The highest BCUT2D eigenvalue weighted by molar-refractivity contribution is 6.68. The highest BCUT2D eigenvalue weighted by Crippen LogP contribution is 2.53. The van der Waals surface area contributed by atoms with E-state index in [2.05, 4.69) is 0 Å². The summed E-state index contributed by atoms with van der Waals surface area (Å²) in [5, 5.41) is 10.5. The number of rotatable bonds is 2. The van der Waals surface area contributed by atoms with E-state index >= 15 is 0 Å². The van der Waals surface area contributed by atoms with Gasteiger partial charge in [-0.25, -0.2) is 0 Å². The fraction of sp³-hybridized carbons (Fsp3) is 1.00. The van der Waals surface area contributed by atoms with E-state index in [0.29, 0.717) is 12.8 Å². The maximum Gasteiger partial charge on any atom is 0.213 e. The van der Waals surface area contributed by atoms with Crippen molar-refractivity contribution in [3.63, 3.8) is 0 Å². The lowest BCUT2D eigenvalue weighted by Gasteiger charge is -2.39. The van der Waals surface area contributed by atoms with Crippen LogP contribution in [-0.2, 0) is 0 Å². The first-order valence-corrected chi connectivity index (χ1v) is 5.69. The zero-order chi connectivity index (χ0) is 10.8. The van der Waals surface area contributed by atoms with Crippen LogP contribution < -0.4 is 0 Å². The van der Waals surface area contributed by atoms with E-state index in [1.54, 1.807) is 0 Å². The van der Waals surface area contributed by atoms with Crippen molar-refractivity contribution in [1.29, 1.82) is 0 Å². The molecule has 0 bridgehead atoms. The van der Waals surface area contributed by atoms with Gasteiger partial charge in [0.05, 0.1) is 5.41 Å². The molecular weight excluding hydrogens is 248 g/mol. The monoisotopic (exact) mass is 259 g/mol. The van der Waals surface area contributed by atoms with Gasteiger partial charge in [-0.05, 0) is 12.8 Å². The van der Waals surface area contributed by atoms with E-state index in [1.165, 1.54) is 0 Å². The number of hydrogen-bond acceptors (Lipinski definition) is 2. The molecule has 82 valence electrons. The van der Waals surface area contributed by atoms with Crippen LogP contribution in [0.25, 0.3) is 0 Å². The van der Waals surface area contributed by atoms with Gasteiger partial charge in [-0.15, -0.1) is 0 Å². The summed E-state index contributed by atoms with van der Waals surface area (Å²) >= 11 is 17.5. The topological polar surface area (TPSA) is 43.1 Å². The molecule has 1 fully saturated rings. The van der Waals surface area contributed by atoms with E-state index < -0.39 is 9.21 Å². The molecule has 1 aliphatic rings. The summed E-state index contributed by atoms with van der Waals surface area (Å²) in [7, 11) is 0.